The molecule has 160 valence electrons. The average Bonchev–Trinajstić information content (AvgIpc) is 3.58. The summed E-state index contributed by atoms with van der Waals surface area (Å²) in [5.41, 5.74) is 5.27. The van der Waals surface area contributed by atoms with Gasteiger partial charge in [-0.25, -0.2) is 13.6 Å². The van der Waals surface area contributed by atoms with Crippen molar-refractivity contribution in [3.8, 4) is 16.9 Å². The molecule has 0 atom stereocenters. The molecule has 31 heavy (non-hydrogen) atoms. The first kappa shape index (κ1) is 21.0. The van der Waals surface area contributed by atoms with Crippen molar-refractivity contribution < 1.29 is 17.9 Å². The molecule has 1 aromatic heterocycles. The van der Waals surface area contributed by atoms with Crippen LogP contribution < -0.4 is 15.2 Å². The summed E-state index contributed by atoms with van der Waals surface area (Å²) in [7, 11) is -2.63. The molecule has 1 saturated carbocycles. The summed E-state index contributed by atoms with van der Waals surface area (Å²) in [4.78, 5) is 17.1. The molecule has 3 aromatic rings. The van der Waals surface area contributed by atoms with Gasteiger partial charge in [-0.1, -0.05) is 12.1 Å². The van der Waals surface area contributed by atoms with Crippen molar-refractivity contribution in [2.45, 2.75) is 30.6 Å². The Kier molecular flexibility index (Phi) is 5.51. The highest BCUT2D eigenvalue weighted by Crippen LogP contribution is 2.43. The molecule has 4 rings (SSSR count). The minimum Gasteiger partial charge on any atom is -0.495 e. The molecule has 3 N–H and O–H groups in total. The molecule has 1 amide bonds. The number of hydrogen-bond acceptors (Lipinski definition) is 5. The molecule has 0 spiro atoms. The maximum absolute atomic E-state index is 12.7. The molecule has 7 nitrogen and oxygen atoms in total. The van der Waals surface area contributed by atoms with Crippen molar-refractivity contribution in [3.63, 3.8) is 0 Å². The maximum atomic E-state index is 12.7. The molecule has 1 aliphatic rings. The summed E-state index contributed by atoms with van der Waals surface area (Å²) in [5.74, 6) is 0.169. The summed E-state index contributed by atoms with van der Waals surface area (Å²) >= 11 is 0. The van der Waals surface area contributed by atoms with Crippen LogP contribution in [0.2, 0.25) is 0 Å². The Morgan fingerprint density at radius 3 is 2.55 bits per heavy atom. The fourth-order valence-corrected chi connectivity index (χ4v) is 4.30. The Morgan fingerprint density at radius 2 is 1.90 bits per heavy atom. The van der Waals surface area contributed by atoms with Gasteiger partial charge in [0.25, 0.3) is 5.91 Å². The van der Waals surface area contributed by atoms with E-state index < -0.39 is 10.0 Å². The van der Waals surface area contributed by atoms with Gasteiger partial charge in [-0.05, 0) is 67.3 Å². The lowest BCUT2D eigenvalue weighted by Crippen LogP contribution is -2.16. The van der Waals surface area contributed by atoms with Crippen LogP contribution in [0, 0.1) is 6.92 Å². The quantitative estimate of drug-likeness (QED) is 0.609. The van der Waals surface area contributed by atoms with Crippen molar-refractivity contribution in [1.29, 1.82) is 0 Å². The number of carbonyl (C=O) groups excluding carboxylic acids is 1. The van der Waals surface area contributed by atoms with Crippen LogP contribution >= 0.6 is 0 Å². The van der Waals surface area contributed by atoms with Crippen molar-refractivity contribution in [2.24, 2.45) is 5.14 Å². The minimum absolute atomic E-state index is 0.0193. The Balaban J connectivity index is 1.58. The number of carbonyl (C=O) groups is 1. The first-order valence-corrected chi connectivity index (χ1v) is 11.4. The van der Waals surface area contributed by atoms with Gasteiger partial charge in [-0.15, -0.1) is 0 Å². The van der Waals surface area contributed by atoms with Crippen LogP contribution in [0.5, 0.6) is 5.75 Å². The third kappa shape index (κ3) is 4.45. The summed E-state index contributed by atoms with van der Waals surface area (Å²) in [6.45, 7) is 2.00. The van der Waals surface area contributed by atoms with Crippen molar-refractivity contribution in [1.82, 2.24) is 4.98 Å². The summed E-state index contributed by atoms with van der Waals surface area (Å²) in [6, 6.07) is 13.8. The van der Waals surface area contributed by atoms with E-state index in [1.165, 1.54) is 38.2 Å². The molecule has 1 heterocycles. The van der Waals surface area contributed by atoms with E-state index in [2.05, 4.69) is 16.4 Å². The van der Waals surface area contributed by atoms with Crippen LogP contribution in [-0.2, 0) is 10.0 Å². The third-order valence-corrected chi connectivity index (χ3v) is 6.26. The first-order chi connectivity index (χ1) is 14.8. The zero-order chi connectivity index (χ0) is 22.2. The molecule has 0 bridgehead atoms. The van der Waals surface area contributed by atoms with Crippen LogP contribution in [-0.4, -0.2) is 26.4 Å². The number of rotatable bonds is 6. The van der Waals surface area contributed by atoms with E-state index in [-0.39, 0.29) is 22.1 Å². The van der Waals surface area contributed by atoms with E-state index in [4.69, 9.17) is 9.88 Å². The monoisotopic (exact) mass is 437 g/mol. The van der Waals surface area contributed by atoms with Gasteiger partial charge >= 0.3 is 0 Å². The van der Waals surface area contributed by atoms with Crippen LogP contribution in [0.15, 0.2) is 59.6 Å². The first-order valence-electron chi connectivity index (χ1n) is 9.86. The lowest BCUT2D eigenvalue weighted by Gasteiger charge is -2.13. The second-order valence-corrected chi connectivity index (χ2v) is 9.13. The highest BCUT2D eigenvalue weighted by atomic mass is 32.2. The van der Waals surface area contributed by atoms with E-state index in [9.17, 15) is 13.2 Å². The second kappa shape index (κ2) is 8.13. The van der Waals surface area contributed by atoms with Crippen molar-refractivity contribution in [2.75, 3.05) is 12.4 Å². The van der Waals surface area contributed by atoms with E-state index in [1.54, 1.807) is 0 Å². The van der Waals surface area contributed by atoms with Gasteiger partial charge in [-0.2, -0.15) is 0 Å². The summed E-state index contributed by atoms with van der Waals surface area (Å²) in [6.07, 6.45) is 4.17. The summed E-state index contributed by atoms with van der Waals surface area (Å²) in [5, 5.41) is 8.03. The molecule has 8 heteroatoms. The number of sulfonamides is 1. The highest BCUT2D eigenvalue weighted by Gasteiger charge is 2.28. The Hall–Kier alpha value is -3.23. The number of nitrogens with one attached hydrogen (secondary N) is 1. The number of hydrogen-bond donors (Lipinski definition) is 2. The standard InChI is InChI=1S/C23H23N3O4S/c1-14-12-17(8-9-18(14)19-4-3-11-25-22(19)15-5-6-15)26-23(27)16-7-10-21(31(24,28)29)20(13-16)30-2/h3-4,7-13,15H,5-6H2,1-2H3,(H,26,27)(H2,24,28,29). The van der Waals surface area contributed by atoms with E-state index in [0.29, 0.717) is 11.6 Å². The normalized spacial score (nSPS) is 13.6. The number of anilines is 1. The Labute approximate surface area is 181 Å². The van der Waals surface area contributed by atoms with Gasteiger partial charge in [-0.3, -0.25) is 9.78 Å². The molecular weight excluding hydrogens is 414 g/mol. The maximum Gasteiger partial charge on any atom is 0.255 e. The number of nitrogens with zero attached hydrogens (tertiary/aromatic N) is 1. The van der Waals surface area contributed by atoms with Gasteiger partial charge in [0.1, 0.15) is 10.6 Å². The van der Waals surface area contributed by atoms with Gasteiger partial charge in [0.15, 0.2) is 0 Å². The smallest absolute Gasteiger partial charge is 0.255 e. The molecule has 0 unspecified atom stereocenters. The van der Waals surface area contributed by atoms with E-state index in [0.717, 1.165) is 22.4 Å². The van der Waals surface area contributed by atoms with Crippen LogP contribution in [0.1, 0.15) is 40.4 Å². The average molecular weight is 438 g/mol. The number of benzene rings is 2. The number of ether oxygens (including phenoxy) is 1. The van der Waals surface area contributed by atoms with Crippen LogP contribution in [0.4, 0.5) is 5.69 Å². The predicted octanol–water partition coefficient (Wildman–Crippen LogP) is 3.84. The molecule has 0 radical (unpaired) electrons. The minimum atomic E-state index is -3.95. The Bertz CT molecular complexity index is 1270. The molecule has 2 aromatic carbocycles. The van der Waals surface area contributed by atoms with E-state index in [1.807, 2.05) is 37.4 Å². The number of pyridine rings is 1. The number of nitrogens with two attached hydrogens (primary N) is 1. The van der Waals surface area contributed by atoms with Crippen molar-refractivity contribution in [3.05, 3.63) is 71.5 Å². The molecular formula is C23H23N3O4S. The lowest BCUT2D eigenvalue weighted by molar-refractivity contribution is 0.102. The Morgan fingerprint density at radius 1 is 1.13 bits per heavy atom. The molecule has 0 saturated heterocycles. The van der Waals surface area contributed by atoms with Gasteiger partial charge in [0.05, 0.1) is 12.8 Å². The van der Waals surface area contributed by atoms with E-state index >= 15 is 0 Å². The van der Waals surface area contributed by atoms with Crippen molar-refractivity contribution >= 4 is 21.6 Å². The molecule has 0 aliphatic heterocycles. The third-order valence-electron chi connectivity index (χ3n) is 5.31. The second-order valence-electron chi connectivity index (χ2n) is 7.60. The summed E-state index contributed by atoms with van der Waals surface area (Å²) < 4.78 is 28.4. The van der Waals surface area contributed by atoms with Crippen LogP contribution in [0.25, 0.3) is 11.1 Å². The number of aryl methyl sites for hydroxylation is 1. The molecule has 1 aliphatic carbocycles. The fraction of sp³-hybridized carbons (Fsp3) is 0.217. The topological polar surface area (TPSA) is 111 Å². The van der Waals surface area contributed by atoms with Gasteiger partial charge in [0, 0.05) is 28.9 Å². The predicted molar refractivity (Wildman–Crippen MR) is 119 cm³/mol. The van der Waals surface area contributed by atoms with Crippen LogP contribution in [0.3, 0.4) is 0 Å². The van der Waals surface area contributed by atoms with Gasteiger partial charge in [0.2, 0.25) is 10.0 Å². The lowest BCUT2D eigenvalue weighted by atomic mass is 9.97. The molecule has 1 fully saturated rings. The number of methoxy groups -OCH3 is 1. The number of primary sulfonamides is 1. The number of amides is 1. The SMILES string of the molecule is COc1cc(C(=O)Nc2ccc(-c3cccnc3C3CC3)c(C)c2)ccc1S(N)(=O)=O. The van der Waals surface area contributed by atoms with Gasteiger partial charge < -0.3 is 10.1 Å². The number of aromatic nitrogens is 1. The fourth-order valence-electron chi connectivity index (χ4n) is 3.62. The zero-order valence-corrected chi connectivity index (χ0v) is 18.1. The zero-order valence-electron chi connectivity index (χ0n) is 17.3. The largest absolute Gasteiger partial charge is 0.495 e. The highest BCUT2D eigenvalue weighted by molar-refractivity contribution is 7.89.